The molecule has 1 saturated heterocycles. The fourth-order valence-electron chi connectivity index (χ4n) is 3.31. The molecule has 2 heterocycles. The number of nitrogens with zero attached hydrogens (tertiary/aromatic N) is 3. The first kappa shape index (κ1) is 12.4. The standard InChI is InChI=1S/C14H19N3O2/c1-9-6-7-17(12(9)14(18)19)13-10-4-2-3-5-11(10)15-8-16-13/h8-9,12H,2-7H2,1H3,(H,18,19). The number of carbonyl (C=O) groups is 1. The molecular formula is C14H19N3O2. The summed E-state index contributed by atoms with van der Waals surface area (Å²) >= 11 is 0. The summed E-state index contributed by atoms with van der Waals surface area (Å²) in [5.41, 5.74) is 2.29. The fraction of sp³-hybridized carbons (Fsp3) is 0.643. The van der Waals surface area contributed by atoms with E-state index in [9.17, 15) is 9.90 Å². The molecule has 1 aromatic heterocycles. The first-order valence-electron chi connectivity index (χ1n) is 7.00. The average molecular weight is 261 g/mol. The van der Waals surface area contributed by atoms with Gasteiger partial charge in [-0.15, -0.1) is 0 Å². The molecule has 1 aliphatic heterocycles. The van der Waals surface area contributed by atoms with Crippen molar-refractivity contribution in [3.63, 3.8) is 0 Å². The Morgan fingerprint density at radius 3 is 2.95 bits per heavy atom. The largest absolute Gasteiger partial charge is 0.480 e. The van der Waals surface area contributed by atoms with E-state index in [2.05, 4.69) is 9.97 Å². The second kappa shape index (κ2) is 4.79. The molecule has 0 saturated carbocycles. The van der Waals surface area contributed by atoms with Crippen LogP contribution in [-0.4, -0.2) is 33.6 Å². The molecule has 102 valence electrons. The van der Waals surface area contributed by atoms with Crippen molar-refractivity contribution < 1.29 is 9.90 Å². The maximum atomic E-state index is 11.5. The summed E-state index contributed by atoms with van der Waals surface area (Å²) in [6, 6.07) is -0.444. The topological polar surface area (TPSA) is 66.3 Å². The van der Waals surface area contributed by atoms with Crippen molar-refractivity contribution >= 4 is 11.8 Å². The molecular weight excluding hydrogens is 242 g/mol. The molecule has 0 radical (unpaired) electrons. The van der Waals surface area contributed by atoms with E-state index in [1.165, 1.54) is 12.0 Å². The SMILES string of the molecule is CC1CCN(c2ncnc3c2CCCC3)C1C(=O)O. The number of carboxylic acid groups (broad SMARTS) is 1. The predicted molar refractivity (Wildman–Crippen MR) is 71.2 cm³/mol. The van der Waals surface area contributed by atoms with Gasteiger partial charge in [0.2, 0.25) is 0 Å². The minimum absolute atomic E-state index is 0.173. The molecule has 5 nitrogen and oxygen atoms in total. The summed E-state index contributed by atoms with van der Waals surface area (Å²) in [7, 11) is 0. The Kier molecular flexibility index (Phi) is 3.12. The van der Waals surface area contributed by atoms with Crippen molar-refractivity contribution in [3.8, 4) is 0 Å². The summed E-state index contributed by atoms with van der Waals surface area (Å²) in [5, 5.41) is 9.43. The van der Waals surface area contributed by atoms with Crippen molar-refractivity contribution in [2.45, 2.75) is 45.1 Å². The van der Waals surface area contributed by atoms with Gasteiger partial charge < -0.3 is 10.0 Å². The van der Waals surface area contributed by atoms with Crippen LogP contribution in [-0.2, 0) is 17.6 Å². The van der Waals surface area contributed by atoms with E-state index in [0.29, 0.717) is 0 Å². The lowest BCUT2D eigenvalue weighted by molar-refractivity contribution is -0.139. The van der Waals surface area contributed by atoms with Crippen LogP contribution in [0.4, 0.5) is 5.82 Å². The summed E-state index contributed by atoms with van der Waals surface area (Å²) < 4.78 is 0. The van der Waals surface area contributed by atoms with E-state index in [0.717, 1.165) is 43.7 Å². The number of hydrogen-bond donors (Lipinski definition) is 1. The lowest BCUT2D eigenvalue weighted by Crippen LogP contribution is -2.40. The second-order valence-electron chi connectivity index (χ2n) is 5.57. The quantitative estimate of drug-likeness (QED) is 0.877. The highest BCUT2D eigenvalue weighted by atomic mass is 16.4. The van der Waals surface area contributed by atoms with Gasteiger partial charge in [0, 0.05) is 17.8 Å². The van der Waals surface area contributed by atoms with Crippen LogP contribution >= 0.6 is 0 Å². The molecule has 0 aromatic carbocycles. The molecule has 0 bridgehead atoms. The molecule has 1 aliphatic carbocycles. The predicted octanol–water partition coefficient (Wildman–Crippen LogP) is 1.65. The molecule has 0 amide bonds. The number of hydrogen-bond acceptors (Lipinski definition) is 4. The number of anilines is 1. The Morgan fingerprint density at radius 2 is 2.16 bits per heavy atom. The Labute approximate surface area is 112 Å². The van der Waals surface area contributed by atoms with Crippen LogP contribution in [0.5, 0.6) is 0 Å². The Bertz CT molecular complexity index is 503. The minimum Gasteiger partial charge on any atom is -0.480 e. The maximum absolute atomic E-state index is 11.5. The molecule has 1 aromatic rings. The van der Waals surface area contributed by atoms with Gasteiger partial charge in [0.15, 0.2) is 0 Å². The third-order valence-corrected chi connectivity index (χ3v) is 4.33. The average Bonchev–Trinajstić information content (AvgIpc) is 2.80. The van der Waals surface area contributed by atoms with Gasteiger partial charge in [0.05, 0.1) is 0 Å². The van der Waals surface area contributed by atoms with Crippen molar-refractivity contribution in [1.29, 1.82) is 0 Å². The van der Waals surface area contributed by atoms with Crippen molar-refractivity contribution in [1.82, 2.24) is 9.97 Å². The number of aryl methyl sites for hydroxylation is 1. The lowest BCUT2D eigenvalue weighted by Gasteiger charge is -2.28. The van der Waals surface area contributed by atoms with Crippen molar-refractivity contribution in [3.05, 3.63) is 17.6 Å². The summed E-state index contributed by atoms with van der Waals surface area (Å²) in [6.45, 7) is 2.79. The number of carboxylic acids is 1. The summed E-state index contributed by atoms with van der Waals surface area (Å²) in [5.74, 6) is 0.293. The zero-order chi connectivity index (χ0) is 13.4. The molecule has 0 spiro atoms. The third kappa shape index (κ3) is 2.07. The molecule has 3 rings (SSSR count). The van der Waals surface area contributed by atoms with E-state index < -0.39 is 12.0 Å². The van der Waals surface area contributed by atoms with Crippen LogP contribution in [0, 0.1) is 5.92 Å². The molecule has 2 aliphatic rings. The highest BCUT2D eigenvalue weighted by Gasteiger charge is 2.38. The highest BCUT2D eigenvalue weighted by molar-refractivity contribution is 5.79. The fourth-order valence-corrected chi connectivity index (χ4v) is 3.31. The van der Waals surface area contributed by atoms with Crippen LogP contribution in [0.2, 0.25) is 0 Å². The van der Waals surface area contributed by atoms with Crippen LogP contribution in [0.15, 0.2) is 6.33 Å². The molecule has 2 atom stereocenters. The maximum Gasteiger partial charge on any atom is 0.326 e. The van der Waals surface area contributed by atoms with Gasteiger partial charge in [-0.25, -0.2) is 14.8 Å². The van der Waals surface area contributed by atoms with Crippen LogP contribution in [0.3, 0.4) is 0 Å². The van der Waals surface area contributed by atoms with Gasteiger partial charge in [-0.1, -0.05) is 6.92 Å². The van der Waals surface area contributed by atoms with Gasteiger partial charge in [-0.3, -0.25) is 0 Å². The normalized spacial score (nSPS) is 26.3. The number of aliphatic carboxylic acids is 1. The second-order valence-corrected chi connectivity index (χ2v) is 5.57. The summed E-state index contributed by atoms with van der Waals surface area (Å²) in [6.07, 6.45) is 6.78. The molecule has 5 heteroatoms. The van der Waals surface area contributed by atoms with E-state index in [1.54, 1.807) is 6.33 Å². The van der Waals surface area contributed by atoms with Gasteiger partial charge in [-0.2, -0.15) is 0 Å². The third-order valence-electron chi connectivity index (χ3n) is 4.33. The molecule has 2 unspecified atom stereocenters. The van der Waals surface area contributed by atoms with Crippen LogP contribution in [0.1, 0.15) is 37.4 Å². The van der Waals surface area contributed by atoms with E-state index in [-0.39, 0.29) is 5.92 Å². The zero-order valence-corrected chi connectivity index (χ0v) is 11.2. The zero-order valence-electron chi connectivity index (χ0n) is 11.2. The van der Waals surface area contributed by atoms with E-state index in [1.807, 2.05) is 11.8 Å². The minimum atomic E-state index is -0.742. The van der Waals surface area contributed by atoms with Gasteiger partial charge in [0.1, 0.15) is 18.2 Å². The molecule has 1 N–H and O–H groups in total. The number of rotatable bonds is 2. The van der Waals surface area contributed by atoms with Crippen molar-refractivity contribution in [2.75, 3.05) is 11.4 Å². The lowest BCUT2D eigenvalue weighted by atomic mass is 9.96. The molecule has 1 fully saturated rings. The first-order chi connectivity index (χ1) is 9.18. The summed E-state index contributed by atoms with van der Waals surface area (Å²) in [4.78, 5) is 22.2. The van der Waals surface area contributed by atoms with Crippen molar-refractivity contribution in [2.24, 2.45) is 5.92 Å². The Balaban J connectivity index is 2.00. The highest BCUT2D eigenvalue weighted by Crippen LogP contribution is 2.33. The van der Waals surface area contributed by atoms with E-state index >= 15 is 0 Å². The van der Waals surface area contributed by atoms with Crippen LogP contribution < -0.4 is 4.90 Å². The molecule has 19 heavy (non-hydrogen) atoms. The first-order valence-corrected chi connectivity index (χ1v) is 7.00. The van der Waals surface area contributed by atoms with Gasteiger partial charge in [0.25, 0.3) is 0 Å². The van der Waals surface area contributed by atoms with Gasteiger partial charge in [-0.05, 0) is 38.0 Å². The smallest absolute Gasteiger partial charge is 0.326 e. The Hall–Kier alpha value is -1.65. The number of fused-ring (bicyclic) bond motifs is 1. The van der Waals surface area contributed by atoms with E-state index in [4.69, 9.17) is 0 Å². The number of aromatic nitrogens is 2. The monoisotopic (exact) mass is 261 g/mol. The Morgan fingerprint density at radius 1 is 1.37 bits per heavy atom. The van der Waals surface area contributed by atoms with Crippen LogP contribution in [0.25, 0.3) is 0 Å². The van der Waals surface area contributed by atoms with Gasteiger partial charge >= 0.3 is 5.97 Å².